The molecule has 0 spiro atoms. The van der Waals surface area contributed by atoms with Gasteiger partial charge in [-0.15, -0.1) is 0 Å². The first-order valence-electron chi connectivity index (χ1n) is 6.72. The summed E-state index contributed by atoms with van der Waals surface area (Å²) >= 11 is 6.01. The van der Waals surface area contributed by atoms with Crippen LogP contribution in [0.25, 0.3) is 0 Å². The number of carbonyl (C=O) groups excluding carboxylic acids is 1. The Kier molecular flexibility index (Phi) is 3.80. The number of carboxylic acid groups (broad SMARTS) is 1. The average molecular weight is 324 g/mol. The van der Waals surface area contributed by atoms with Crippen molar-refractivity contribution in [3.8, 4) is 5.75 Å². The van der Waals surface area contributed by atoms with E-state index in [2.05, 4.69) is 5.32 Å². The average Bonchev–Trinajstić information content (AvgIpc) is 3.07. The highest BCUT2D eigenvalue weighted by Crippen LogP contribution is 2.40. The zero-order valence-electron chi connectivity index (χ0n) is 11.7. The van der Waals surface area contributed by atoms with Gasteiger partial charge in [-0.3, -0.25) is 9.59 Å². The third kappa shape index (κ3) is 2.44. The lowest BCUT2D eigenvalue weighted by molar-refractivity contribution is -0.145. The number of hydrogen-bond donors (Lipinski definition) is 2. The Hall–Kier alpha value is -2.05. The van der Waals surface area contributed by atoms with Gasteiger partial charge in [-0.25, -0.2) is 0 Å². The van der Waals surface area contributed by atoms with Crippen molar-refractivity contribution in [2.24, 2.45) is 11.8 Å². The number of amides is 1. The number of carbonyl (C=O) groups is 2. The summed E-state index contributed by atoms with van der Waals surface area (Å²) in [4.78, 5) is 23.8. The van der Waals surface area contributed by atoms with Crippen LogP contribution >= 0.6 is 11.6 Å². The predicted octanol–water partition coefficient (Wildman–Crippen LogP) is 1.94. The third-order valence-electron chi connectivity index (χ3n) is 3.91. The van der Waals surface area contributed by atoms with Gasteiger partial charge in [-0.05, 0) is 18.2 Å². The van der Waals surface area contributed by atoms with Crippen molar-refractivity contribution in [1.82, 2.24) is 0 Å². The number of anilines is 1. The van der Waals surface area contributed by atoms with Crippen molar-refractivity contribution < 1.29 is 24.2 Å². The van der Waals surface area contributed by atoms with Gasteiger partial charge in [0.2, 0.25) is 5.91 Å². The number of aliphatic carboxylic acids is 1. The minimum atomic E-state index is -1.04. The normalized spacial score (nSPS) is 28.6. The Morgan fingerprint density at radius 2 is 1.95 bits per heavy atom. The van der Waals surface area contributed by atoms with E-state index in [0.29, 0.717) is 16.5 Å². The first-order valence-corrected chi connectivity index (χ1v) is 7.10. The zero-order chi connectivity index (χ0) is 15.9. The molecule has 2 N–H and O–H groups in total. The summed E-state index contributed by atoms with van der Waals surface area (Å²) in [5.41, 5.74) is 0.478. The van der Waals surface area contributed by atoms with Gasteiger partial charge in [0, 0.05) is 5.69 Å². The second-order valence-corrected chi connectivity index (χ2v) is 5.59. The number of nitrogens with one attached hydrogen (secondary N) is 1. The SMILES string of the molecule is COc1ccc(NC(=O)[C@H]2[C@@H](C(=O)O)[C@@H]3C=C[C@H]2O3)cc1Cl. The molecule has 2 aliphatic heterocycles. The van der Waals surface area contributed by atoms with E-state index in [1.54, 1.807) is 30.4 Å². The lowest BCUT2D eigenvalue weighted by atomic mass is 9.82. The van der Waals surface area contributed by atoms with Crippen LogP contribution in [0.3, 0.4) is 0 Å². The maximum atomic E-state index is 12.4. The quantitative estimate of drug-likeness (QED) is 0.827. The molecule has 3 rings (SSSR count). The highest BCUT2D eigenvalue weighted by Gasteiger charge is 2.53. The van der Waals surface area contributed by atoms with E-state index in [1.807, 2.05) is 0 Å². The lowest BCUT2D eigenvalue weighted by Crippen LogP contribution is -2.39. The standard InChI is InChI=1S/C15H14ClNO5/c1-21-9-3-2-7(6-8(9)16)17-14(18)12-10-4-5-11(22-10)13(12)15(19)20/h2-6,10-13H,1H3,(H,17,18)(H,19,20)/t10-,11+,12-,13+/m1/s1. The van der Waals surface area contributed by atoms with Crippen molar-refractivity contribution in [3.05, 3.63) is 35.4 Å². The van der Waals surface area contributed by atoms with Crippen LogP contribution < -0.4 is 10.1 Å². The largest absolute Gasteiger partial charge is 0.495 e. The maximum Gasteiger partial charge on any atom is 0.310 e. The van der Waals surface area contributed by atoms with E-state index in [9.17, 15) is 14.7 Å². The molecule has 4 atom stereocenters. The van der Waals surface area contributed by atoms with Gasteiger partial charge < -0.3 is 19.9 Å². The highest BCUT2D eigenvalue weighted by atomic mass is 35.5. The van der Waals surface area contributed by atoms with Crippen LogP contribution in [0, 0.1) is 11.8 Å². The monoisotopic (exact) mass is 323 g/mol. The van der Waals surface area contributed by atoms with E-state index >= 15 is 0 Å². The van der Waals surface area contributed by atoms with Crippen molar-refractivity contribution >= 4 is 29.2 Å². The van der Waals surface area contributed by atoms with Gasteiger partial charge >= 0.3 is 5.97 Å². The van der Waals surface area contributed by atoms with E-state index in [-0.39, 0.29) is 0 Å². The minimum absolute atomic E-state index is 0.360. The predicted molar refractivity (Wildman–Crippen MR) is 79.1 cm³/mol. The molecule has 1 amide bonds. The fourth-order valence-corrected chi connectivity index (χ4v) is 3.14. The number of benzene rings is 1. The number of methoxy groups -OCH3 is 1. The molecule has 2 heterocycles. The Balaban J connectivity index is 1.78. The van der Waals surface area contributed by atoms with Gasteiger partial charge in [0.05, 0.1) is 30.3 Å². The molecule has 0 unspecified atom stereocenters. The van der Waals surface area contributed by atoms with E-state index < -0.39 is 35.9 Å². The molecular weight excluding hydrogens is 310 g/mol. The summed E-state index contributed by atoms with van der Waals surface area (Å²) < 4.78 is 10.5. The van der Waals surface area contributed by atoms with Crippen LogP contribution in [-0.4, -0.2) is 36.3 Å². The first kappa shape index (κ1) is 14.9. The van der Waals surface area contributed by atoms with Crippen LogP contribution in [0.1, 0.15) is 0 Å². The van der Waals surface area contributed by atoms with Gasteiger partial charge in [0.15, 0.2) is 0 Å². The molecule has 2 aliphatic rings. The van der Waals surface area contributed by atoms with E-state index in [0.717, 1.165) is 0 Å². The number of hydrogen-bond acceptors (Lipinski definition) is 4. The van der Waals surface area contributed by atoms with Crippen LogP contribution in [0.2, 0.25) is 5.02 Å². The summed E-state index contributed by atoms with van der Waals surface area (Å²) in [7, 11) is 1.50. The summed E-state index contributed by atoms with van der Waals surface area (Å²) in [6.07, 6.45) is 2.38. The topological polar surface area (TPSA) is 84.9 Å². The Morgan fingerprint density at radius 1 is 1.27 bits per heavy atom. The molecule has 7 heteroatoms. The fourth-order valence-electron chi connectivity index (χ4n) is 2.88. The number of ether oxygens (including phenoxy) is 2. The molecular formula is C15H14ClNO5. The molecule has 0 radical (unpaired) electrons. The Bertz CT molecular complexity index is 659. The number of rotatable bonds is 4. The van der Waals surface area contributed by atoms with Crippen molar-refractivity contribution in [2.45, 2.75) is 12.2 Å². The van der Waals surface area contributed by atoms with E-state index in [4.69, 9.17) is 21.1 Å². The molecule has 2 bridgehead atoms. The van der Waals surface area contributed by atoms with Crippen molar-refractivity contribution in [2.75, 3.05) is 12.4 Å². The maximum absolute atomic E-state index is 12.4. The fraction of sp³-hybridized carbons (Fsp3) is 0.333. The second-order valence-electron chi connectivity index (χ2n) is 5.18. The third-order valence-corrected chi connectivity index (χ3v) is 4.20. The second kappa shape index (κ2) is 5.62. The molecule has 116 valence electrons. The molecule has 22 heavy (non-hydrogen) atoms. The molecule has 1 aromatic carbocycles. The van der Waals surface area contributed by atoms with Gasteiger partial charge in [-0.1, -0.05) is 23.8 Å². The molecule has 1 aromatic rings. The zero-order valence-corrected chi connectivity index (χ0v) is 12.4. The number of fused-ring (bicyclic) bond motifs is 2. The van der Waals surface area contributed by atoms with Gasteiger partial charge in [0.25, 0.3) is 0 Å². The van der Waals surface area contributed by atoms with Crippen molar-refractivity contribution in [3.63, 3.8) is 0 Å². The smallest absolute Gasteiger partial charge is 0.310 e. The number of carboxylic acids is 1. The molecule has 0 aliphatic carbocycles. The first-order chi connectivity index (χ1) is 10.5. The van der Waals surface area contributed by atoms with Crippen LogP contribution in [0.4, 0.5) is 5.69 Å². The lowest BCUT2D eigenvalue weighted by Gasteiger charge is -2.21. The summed E-state index contributed by atoms with van der Waals surface area (Å²) in [6, 6.07) is 4.82. The summed E-state index contributed by atoms with van der Waals surface area (Å²) in [5.74, 6) is -2.57. The van der Waals surface area contributed by atoms with Crippen molar-refractivity contribution in [1.29, 1.82) is 0 Å². The summed E-state index contributed by atoms with van der Waals surface area (Å²) in [6.45, 7) is 0. The molecule has 0 saturated carbocycles. The molecule has 0 aromatic heterocycles. The van der Waals surface area contributed by atoms with Gasteiger partial charge in [0.1, 0.15) is 11.7 Å². The van der Waals surface area contributed by atoms with E-state index in [1.165, 1.54) is 7.11 Å². The molecule has 1 saturated heterocycles. The molecule has 1 fully saturated rings. The summed E-state index contributed by atoms with van der Waals surface area (Å²) in [5, 5.41) is 12.4. The van der Waals surface area contributed by atoms with Crippen LogP contribution in [0.15, 0.2) is 30.4 Å². The number of halogens is 1. The van der Waals surface area contributed by atoms with Crippen LogP contribution in [-0.2, 0) is 14.3 Å². The molecule has 6 nitrogen and oxygen atoms in total. The highest BCUT2D eigenvalue weighted by molar-refractivity contribution is 6.32. The minimum Gasteiger partial charge on any atom is -0.495 e. The Labute approximate surface area is 131 Å². The Morgan fingerprint density at radius 3 is 2.55 bits per heavy atom. The van der Waals surface area contributed by atoms with Crippen LogP contribution in [0.5, 0.6) is 5.75 Å². The van der Waals surface area contributed by atoms with Gasteiger partial charge in [-0.2, -0.15) is 0 Å².